The molecule has 134 valence electrons. The predicted octanol–water partition coefficient (Wildman–Crippen LogP) is 2.51. The molecule has 0 spiro atoms. The SMILES string of the molecule is COc1ccc(CCN(C=O)CCS(=O)c2ccccc2)cc1OC. The molecule has 25 heavy (non-hydrogen) atoms. The van der Waals surface area contributed by atoms with Crippen molar-refractivity contribution in [3.63, 3.8) is 0 Å². The van der Waals surface area contributed by atoms with Crippen LogP contribution in [-0.2, 0) is 22.0 Å². The van der Waals surface area contributed by atoms with Gasteiger partial charge in [-0.3, -0.25) is 9.00 Å². The summed E-state index contributed by atoms with van der Waals surface area (Å²) >= 11 is 0. The van der Waals surface area contributed by atoms with Gasteiger partial charge in [0.2, 0.25) is 6.41 Å². The van der Waals surface area contributed by atoms with Crippen LogP contribution in [0.2, 0.25) is 0 Å². The number of benzene rings is 2. The fourth-order valence-electron chi connectivity index (χ4n) is 2.42. The Morgan fingerprint density at radius 2 is 1.72 bits per heavy atom. The molecule has 0 saturated carbocycles. The van der Waals surface area contributed by atoms with Crippen molar-refractivity contribution in [3.8, 4) is 11.5 Å². The number of hydrogen-bond donors (Lipinski definition) is 0. The molecule has 6 heteroatoms. The second kappa shape index (κ2) is 9.84. The highest BCUT2D eigenvalue weighted by Crippen LogP contribution is 2.27. The molecule has 0 aliphatic carbocycles. The monoisotopic (exact) mass is 361 g/mol. The van der Waals surface area contributed by atoms with Crippen molar-refractivity contribution in [3.05, 3.63) is 54.1 Å². The third kappa shape index (κ3) is 5.60. The lowest BCUT2D eigenvalue weighted by Gasteiger charge is -2.17. The van der Waals surface area contributed by atoms with Gasteiger partial charge in [-0.25, -0.2) is 0 Å². The zero-order chi connectivity index (χ0) is 18.1. The summed E-state index contributed by atoms with van der Waals surface area (Å²) in [4.78, 5) is 13.7. The van der Waals surface area contributed by atoms with Gasteiger partial charge >= 0.3 is 0 Å². The van der Waals surface area contributed by atoms with E-state index in [2.05, 4.69) is 0 Å². The van der Waals surface area contributed by atoms with Crippen LogP contribution >= 0.6 is 0 Å². The Morgan fingerprint density at radius 1 is 1.00 bits per heavy atom. The summed E-state index contributed by atoms with van der Waals surface area (Å²) in [6.07, 6.45) is 1.50. The van der Waals surface area contributed by atoms with Gasteiger partial charge in [-0.2, -0.15) is 0 Å². The number of carbonyl (C=O) groups excluding carboxylic acids is 1. The molecule has 0 aliphatic heterocycles. The van der Waals surface area contributed by atoms with E-state index >= 15 is 0 Å². The van der Waals surface area contributed by atoms with E-state index < -0.39 is 10.8 Å². The molecule has 0 heterocycles. The minimum Gasteiger partial charge on any atom is -0.493 e. The molecule has 2 aromatic rings. The van der Waals surface area contributed by atoms with Crippen molar-refractivity contribution in [1.82, 2.24) is 4.90 Å². The summed E-state index contributed by atoms with van der Waals surface area (Å²) in [5.74, 6) is 1.77. The second-order valence-electron chi connectivity index (χ2n) is 5.44. The Hall–Kier alpha value is -2.34. The third-order valence-corrected chi connectivity index (χ3v) is 5.21. The Kier molecular flexibility index (Phi) is 7.47. The highest BCUT2D eigenvalue weighted by molar-refractivity contribution is 7.85. The number of nitrogens with zero attached hydrogens (tertiary/aromatic N) is 1. The minimum atomic E-state index is -1.10. The lowest BCUT2D eigenvalue weighted by atomic mass is 10.1. The predicted molar refractivity (Wildman–Crippen MR) is 98.6 cm³/mol. The molecule has 0 bridgehead atoms. The van der Waals surface area contributed by atoms with Crippen molar-refractivity contribution in [1.29, 1.82) is 0 Å². The smallest absolute Gasteiger partial charge is 0.209 e. The van der Waals surface area contributed by atoms with Crippen molar-refractivity contribution in [2.75, 3.05) is 33.1 Å². The van der Waals surface area contributed by atoms with E-state index in [4.69, 9.17) is 9.47 Å². The molecule has 0 aliphatic rings. The summed E-state index contributed by atoms with van der Waals surface area (Å²) in [5.41, 5.74) is 1.05. The van der Waals surface area contributed by atoms with Gasteiger partial charge in [0.1, 0.15) is 0 Å². The number of hydrogen-bond acceptors (Lipinski definition) is 4. The summed E-state index contributed by atoms with van der Waals surface area (Å²) < 4.78 is 22.7. The van der Waals surface area contributed by atoms with E-state index in [1.807, 2.05) is 48.5 Å². The quantitative estimate of drug-likeness (QED) is 0.610. The number of amides is 1. The standard InChI is InChI=1S/C19H23NO4S/c1-23-18-9-8-16(14-19(18)24-2)10-11-20(15-21)12-13-25(22)17-6-4-3-5-7-17/h3-9,14-15H,10-13H2,1-2H3. The average Bonchev–Trinajstić information content (AvgIpc) is 2.68. The molecule has 1 atom stereocenters. The summed E-state index contributed by atoms with van der Waals surface area (Å²) in [5, 5.41) is 0. The molecule has 1 amide bonds. The maximum atomic E-state index is 12.2. The van der Waals surface area contributed by atoms with Gasteiger partial charge in [-0.05, 0) is 36.2 Å². The lowest BCUT2D eigenvalue weighted by Crippen LogP contribution is -2.28. The maximum Gasteiger partial charge on any atom is 0.209 e. The topological polar surface area (TPSA) is 55.8 Å². The second-order valence-corrected chi connectivity index (χ2v) is 7.01. The molecule has 0 aromatic heterocycles. The van der Waals surface area contributed by atoms with Gasteiger partial charge in [-0.15, -0.1) is 0 Å². The zero-order valence-electron chi connectivity index (χ0n) is 14.5. The van der Waals surface area contributed by atoms with Gasteiger partial charge in [0.05, 0.1) is 25.0 Å². The first-order valence-corrected chi connectivity index (χ1v) is 9.33. The van der Waals surface area contributed by atoms with Crippen LogP contribution in [0.15, 0.2) is 53.4 Å². The van der Waals surface area contributed by atoms with Crippen LogP contribution in [0, 0.1) is 0 Å². The highest BCUT2D eigenvalue weighted by atomic mass is 32.2. The van der Waals surface area contributed by atoms with Crippen molar-refractivity contribution in [2.45, 2.75) is 11.3 Å². The summed E-state index contributed by atoms with van der Waals surface area (Å²) in [7, 11) is 2.09. The van der Waals surface area contributed by atoms with E-state index in [-0.39, 0.29) is 0 Å². The Balaban J connectivity index is 1.88. The van der Waals surface area contributed by atoms with E-state index in [1.165, 1.54) is 0 Å². The fourth-order valence-corrected chi connectivity index (χ4v) is 3.51. The lowest BCUT2D eigenvalue weighted by molar-refractivity contribution is -0.117. The van der Waals surface area contributed by atoms with Gasteiger partial charge < -0.3 is 14.4 Å². The van der Waals surface area contributed by atoms with E-state index in [1.54, 1.807) is 19.1 Å². The summed E-state index contributed by atoms with van der Waals surface area (Å²) in [6, 6.07) is 15.0. The molecule has 2 rings (SSSR count). The molecular weight excluding hydrogens is 338 g/mol. The zero-order valence-corrected chi connectivity index (χ0v) is 15.3. The molecule has 0 saturated heterocycles. The van der Waals surface area contributed by atoms with E-state index in [0.29, 0.717) is 36.8 Å². The molecule has 0 fully saturated rings. The van der Waals surface area contributed by atoms with Crippen LogP contribution in [0.4, 0.5) is 0 Å². The van der Waals surface area contributed by atoms with Crippen molar-refractivity contribution >= 4 is 17.2 Å². The first-order chi connectivity index (χ1) is 12.2. The van der Waals surface area contributed by atoms with Gasteiger partial charge in [0.15, 0.2) is 11.5 Å². The fraction of sp³-hybridized carbons (Fsp3) is 0.316. The van der Waals surface area contributed by atoms with Gasteiger partial charge in [0.25, 0.3) is 0 Å². The number of carbonyl (C=O) groups is 1. The van der Waals surface area contributed by atoms with Gasteiger partial charge in [-0.1, -0.05) is 24.3 Å². The molecular formula is C19H23NO4S. The van der Waals surface area contributed by atoms with Crippen LogP contribution in [-0.4, -0.2) is 48.6 Å². The number of rotatable bonds is 10. The summed E-state index contributed by atoms with van der Waals surface area (Å²) in [6.45, 7) is 1.02. The van der Waals surface area contributed by atoms with Crippen molar-refractivity contribution in [2.24, 2.45) is 0 Å². The first-order valence-electron chi connectivity index (χ1n) is 8.01. The normalized spacial score (nSPS) is 11.6. The highest BCUT2D eigenvalue weighted by Gasteiger charge is 2.09. The molecule has 2 aromatic carbocycles. The molecule has 5 nitrogen and oxygen atoms in total. The Morgan fingerprint density at radius 3 is 2.36 bits per heavy atom. The van der Waals surface area contributed by atoms with Crippen LogP contribution in [0.5, 0.6) is 11.5 Å². The number of ether oxygens (including phenoxy) is 2. The Labute approximate surface area is 151 Å². The average molecular weight is 361 g/mol. The minimum absolute atomic E-state index is 0.425. The van der Waals surface area contributed by atoms with E-state index in [9.17, 15) is 9.00 Å². The van der Waals surface area contributed by atoms with E-state index in [0.717, 1.165) is 16.9 Å². The van der Waals surface area contributed by atoms with Crippen molar-refractivity contribution < 1.29 is 18.5 Å². The molecule has 0 radical (unpaired) electrons. The largest absolute Gasteiger partial charge is 0.493 e. The maximum absolute atomic E-state index is 12.2. The van der Waals surface area contributed by atoms with Crippen LogP contribution in [0.25, 0.3) is 0 Å². The molecule has 0 N–H and O–H groups in total. The first kappa shape index (κ1) is 19.0. The van der Waals surface area contributed by atoms with Crippen LogP contribution < -0.4 is 9.47 Å². The third-order valence-electron chi connectivity index (χ3n) is 3.85. The molecule has 1 unspecified atom stereocenters. The number of methoxy groups -OCH3 is 2. The van der Waals surface area contributed by atoms with Crippen LogP contribution in [0.3, 0.4) is 0 Å². The van der Waals surface area contributed by atoms with Crippen LogP contribution in [0.1, 0.15) is 5.56 Å². The Bertz CT molecular complexity index is 706. The van der Waals surface area contributed by atoms with Gasteiger partial charge in [0, 0.05) is 23.7 Å².